The summed E-state index contributed by atoms with van der Waals surface area (Å²) in [5.41, 5.74) is 6.79. The lowest BCUT2D eigenvalue weighted by Crippen LogP contribution is -2.09. The molecule has 0 nitrogen and oxygen atoms in total. The van der Waals surface area contributed by atoms with Crippen LogP contribution in [0.3, 0.4) is 0 Å². The van der Waals surface area contributed by atoms with Crippen molar-refractivity contribution in [3.8, 4) is 22.3 Å². The third kappa shape index (κ3) is 3.90. The molecule has 0 heterocycles. The average Bonchev–Trinajstić information content (AvgIpc) is 2.97. The van der Waals surface area contributed by atoms with Crippen molar-refractivity contribution in [1.29, 1.82) is 0 Å². The number of allylic oxidation sites excluding steroid dienone is 4. The first-order chi connectivity index (χ1) is 18.3. The minimum absolute atomic E-state index is 0.401. The van der Waals surface area contributed by atoms with Gasteiger partial charge in [-0.1, -0.05) is 133 Å². The number of hydrogen-bond acceptors (Lipinski definition) is 0. The fourth-order valence-electron chi connectivity index (χ4n) is 5.83. The minimum atomic E-state index is 0.401. The summed E-state index contributed by atoms with van der Waals surface area (Å²) in [7, 11) is 2.97. The first-order valence-corrected chi connectivity index (χ1v) is 13.6. The normalized spacial score (nSPS) is 17.1. The lowest BCUT2D eigenvalue weighted by molar-refractivity contribution is 0.872. The molecule has 6 aromatic rings. The second kappa shape index (κ2) is 9.15. The quantitative estimate of drug-likeness (QED) is 0.171. The third-order valence-electron chi connectivity index (χ3n) is 7.74. The molecule has 1 aliphatic carbocycles. The van der Waals surface area contributed by atoms with E-state index in [1.807, 2.05) is 0 Å². The number of fused-ring (bicyclic) bond motifs is 6. The van der Waals surface area contributed by atoms with Gasteiger partial charge in [0.15, 0.2) is 0 Å². The van der Waals surface area contributed by atoms with Crippen molar-refractivity contribution in [2.24, 2.45) is 0 Å². The van der Waals surface area contributed by atoms with Crippen LogP contribution < -0.4 is 0 Å². The zero-order chi connectivity index (χ0) is 24.8. The van der Waals surface area contributed by atoms with E-state index in [0.29, 0.717) is 11.6 Å². The molecule has 176 valence electrons. The molecule has 3 atom stereocenters. The van der Waals surface area contributed by atoms with Gasteiger partial charge >= 0.3 is 0 Å². The van der Waals surface area contributed by atoms with Gasteiger partial charge in [0.05, 0.1) is 0 Å². The Bertz CT molecular complexity index is 1800. The van der Waals surface area contributed by atoms with E-state index in [-0.39, 0.29) is 0 Å². The fourth-order valence-corrected chi connectivity index (χ4v) is 6.30. The molecule has 0 aliphatic heterocycles. The van der Waals surface area contributed by atoms with Crippen LogP contribution >= 0.6 is 9.24 Å². The van der Waals surface area contributed by atoms with Crippen LogP contribution in [0.15, 0.2) is 140 Å². The molecule has 1 aliphatic rings. The standard InChI is InChI=1S/C36H27P/c37-36-15-6-5-10-29(36)28-9-7-8-26(22-28)24-16-18-25(19-17-24)27-20-21-34-32-13-2-1-11-30(32)31-12-3-4-14-33(31)35(34)23-27/h1-23,29,36H,37H2. The number of rotatable bonds is 3. The van der Waals surface area contributed by atoms with Crippen molar-refractivity contribution in [2.45, 2.75) is 11.6 Å². The predicted molar refractivity (Wildman–Crippen MR) is 164 cm³/mol. The van der Waals surface area contributed by atoms with Gasteiger partial charge in [0.2, 0.25) is 0 Å². The van der Waals surface area contributed by atoms with Crippen LogP contribution in [0, 0.1) is 0 Å². The predicted octanol–water partition coefficient (Wildman–Crippen LogP) is 9.93. The monoisotopic (exact) mass is 490 g/mol. The van der Waals surface area contributed by atoms with Crippen molar-refractivity contribution in [3.63, 3.8) is 0 Å². The second-order valence-corrected chi connectivity index (χ2v) is 10.7. The molecule has 0 spiro atoms. The molecule has 1 heteroatoms. The van der Waals surface area contributed by atoms with Crippen LogP contribution in [0.5, 0.6) is 0 Å². The molecule has 0 aromatic heterocycles. The Kier molecular flexibility index (Phi) is 5.49. The van der Waals surface area contributed by atoms with Gasteiger partial charge in [-0.3, -0.25) is 0 Å². The fraction of sp³-hybridized carbons (Fsp3) is 0.0556. The average molecular weight is 491 g/mol. The van der Waals surface area contributed by atoms with Crippen LogP contribution in [-0.4, -0.2) is 5.66 Å². The highest BCUT2D eigenvalue weighted by atomic mass is 31.0. The highest BCUT2D eigenvalue weighted by molar-refractivity contribution is 7.18. The molecule has 0 saturated heterocycles. The van der Waals surface area contributed by atoms with E-state index in [2.05, 4.69) is 149 Å². The first kappa shape index (κ1) is 22.2. The van der Waals surface area contributed by atoms with Crippen LogP contribution in [-0.2, 0) is 0 Å². The third-order valence-corrected chi connectivity index (χ3v) is 8.38. The zero-order valence-electron chi connectivity index (χ0n) is 20.5. The second-order valence-electron chi connectivity index (χ2n) is 9.93. The van der Waals surface area contributed by atoms with Crippen LogP contribution in [0.1, 0.15) is 11.5 Å². The molecule has 7 rings (SSSR count). The maximum atomic E-state index is 2.97. The van der Waals surface area contributed by atoms with Crippen molar-refractivity contribution < 1.29 is 0 Å². The smallest absolute Gasteiger partial charge is 0.0119 e. The van der Waals surface area contributed by atoms with E-state index in [9.17, 15) is 0 Å². The van der Waals surface area contributed by atoms with E-state index in [0.717, 1.165) is 0 Å². The Morgan fingerprint density at radius 1 is 0.405 bits per heavy atom. The maximum absolute atomic E-state index is 2.97. The van der Waals surface area contributed by atoms with E-state index < -0.39 is 0 Å². The van der Waals surface area contributed by atoms with Crippen molar-refractivity contribution in [3.05, 3.63) is 145 Å². The highest BCUT2D eigenvalue weighted by Gasteiger charge is 2.17. The molecule has 0 fully saturated rings. The highest BCUT2D eigenvalue weighted by Crippen LogP contribution is 2.38. The summed E-state index contributed by atoms with van der Waals surface area (Å²) < 4.78 is 0. The molecule has 0 N–H and O–H groups in total. The summed E-state index contributed by atoms with van der Waals surface area (Å²) in [5.74, 6) is 0.401. The van der Waals surface area contributed by atoms with Gasteiger partial charge in [0.25, 0.3) is 0 Å². The molecule has 0 radical (unpaired) electrons. The summed E-state index contributed by atoms with van der Waals surface area (Å²) in [4.78, 5) is 0. The van der Waals surface area contributed by atoms with E-state index in [1.165, 1.54) is 60.1 Å². The van der Waals surface area contributed by atoms with Gasteiger partial charge in [-0.15, -0.1) is 9.24 Å². The number of hydrogen-bond donors (Lipinski definition) is 0. The SMILES string of the molecule is PC1C=CC=CC1c1cccc(-c2ccc(-c3ccc4c5ccccc5c5ccccc5c4c3)cc2)c1. The molecule has 3 unspecified atom stereocenters. The summed E-state index contributed by atoms with van der Waals surface area (Å²) in [6, 6.07) is 42.5. The van der Waals surface area contributed by atoms with Crippen molar-refractivity contribution in [1.82, 2.24) is 0 Å². The number of benzene rings is 6. The van der Waals surface area contributed by atoms with Gasteiger partial charge in [-0.05, 0) is 66.2 Å². The molecule has 37 heavy (non-hydrogen) atoms. The molecule has 6 aromatic carbocycles. The lowest BCUT2D eigenvalue weighted by Gasteiger charge is -2.21. The lowest BCUT2D eigenvalue weighted by atomic mass is 9.89. The van der Waals surface area contributed by atoms with E-state index in [1.54, 1.807) is 0 Å². The summed E-state index contributed by atoms with van der Waals surface area (Å²) in [5, 5.41) is 7.88. The summed E-state index contributed by atoms with van der Waals surface area (Å²) in [6.45, 7) is 0. The molecule has 0 saturated carbocycles. The van der Waals surface area contributed by atoms with Gasteiger partial charge < -0.3 is 0 Å². The summed E-state index contributed by atoms with van der Waals surface area (Å²) in [6.07, 6.45) is 8.84. The minimum Gasteiger partial charge on any atom is -0.129 e. The molecule has 0 bridgehead atoms. The maximum Gasteiger partial charge on any atom is 0.0119 e. The van der Waals surface area contributed by atoms with E-state index >= 15 is 0 Å². The van der Waals surface area contributed by atoms with Gasteiger partial charge in [0, 0.05) is 11.6 Å². The molecule has 0 amide bonds. The van der Waals surface area contributed by atoms with Crippen molar-refractivity contribution in [2.75, 3.05) is 0 Å². The largest absolute Gasteiger partial charge is 0.129 e. The Balaban J connectivity index is 1.28. The van der Waals surface area contributed by atoms with Gasteiger partial charge in [-0.2, -0.15) is 0 Å². The van der Waals surface area contributed by atoms with Crippen LogP contribution in [0.2, 0.25) is 0 Å². The Labute approximate surface area is 220 Å². The Hall–Kier alpha value is -3.99. The molecular formula is C36H27P. The zero-order valence-corrected chi connectivity index (χ0v) is 21.7. The van der Waals surface area contributed by atoms with Gasteiger partial charge in [-0.25, -0.2) is 0 Å². The van der Waals surface area contributed by atoms with Gasteiger partial charge in [0.1, 0.15) is 0 Å². The van der Waals surface area contributed by atoms with Crippen LogP contribution in [0.4, 0.5) is 0 Å². The summed E-state index contributed by atoms with van der Waals surface area (Å²) >= 11 is 0. The van der Waals surface area contributed by atoms with Crippen molar-refractivity contribution >= 4 is 41.6 Å². The Morgan fingerprint density at radius 2 is 0.919 bits per heavy atom. The van der Waals surface area contributed by atoms with Crippen LogP contribution in [0.25, 0.3) is 54.6 Å². The van der Waals surface area contributed by atoms with E-state index in [4.69, 9.17) is 0 Å². The first-order valence-electron chi connectivity index (χ1n) is 12.9. The molecular weight excluding hydrogens is 463 g/mol. The Morgan fingerprint density at radius 3 is 1.54 bits per heavy atom. The topological polar surface area (TPSA) is 0 Å².